The number of benzene rings is 3. The molecule has 3 nitrogen and oxygen atoms in total. The zero-order chi connectivity index (χ0) is 17.1. The van der Waals surface area contributed by atoms with Gasteiger partial charge in [0.15, 0.2) is 17.3 Å². The number of halogens is 2. The second-order valence-corrected chi connectivity index (χ2v) is 5.95. The summed E-state index contributed by atoms with van der Waals surface area (Å²) in [5.41, 5.74) is 0.904. The Morgan fingerprint density at radius 1 is 0.792 bits per heavy atom. The highest BCUT2D eigenvalue weighted by molar-refractivity contribution is 6.31. The van der Waals surface area contributed by atoms with Crippen LogP contribution in [0.4, 0.5) is 0 Å². The number of ether oxygens (including phenoxy) is 1. The monoisotopic (exact) mass is 358 g/mol. The SMILES string of the molecule is O=C(c1ccc(Cl)cc1)c1ccc(O)c(Oc2ccc(Cl)cc2)c1. The molecule has 0 aromatic heterocycles. The summed E-state index contributed by atoms with van der Waals surface area (Å²) < 4.78 is 5.63. The number of hydrogen-bond acceptors (Lipinski definition) is 3. The van der Waals surface area contributed by atoms with E-state index in [1.54, 1.807) is 54.6 Å². The molecule has 0 unspecified atom stereocenters. The van der Waals surface area contributed by atoms with Crippen LogP contribution in [0.25, 0.3) is 0 Å². The van der Waals surface area contributed by atoms with E-state index in [0.29, 0.717) is 26.9 Å². The summed E-state index contributed by atoms with van der Waals surface area (Å²) in [6, 6.07) is 17.8. The number of phenols is 1. The van der Waals surface area contributed by atoms with Crippen LogP contribution < -0.4 is 4.74 Å². The average Bonchev–Trinajstić information content (AvgIpc) is 2.59. The Kier molecular flexibility index (Phi) is 4.74. The summed E-state index contributed by atoms with van der Waals surface area (Å²) in [7, 11) is 0. The van der Waals surface area contributed by atoms with E-state index in [9.17, 15) is 9.90 Å². The van der Waals surface area contributed by atoms with Crippen molar-refractivity contribution in [3.8, 4) is 17.2 Å². The van der Waals surface area contributed by atoms with Crippen molar-refractivity contribution >= 4 is 29.0 Å². The van der Waals surface area contributed by atoms with Gasteiger partial charge in [-0.2, -0.15) is 0 Å². The van der Waals surface area contributed by atoms with E-state index in [4.69, 9.17) is 27.9 Å². The number of ketones is 1. The Bertz CT molecular complexity index is 872. The van der Waals surface area contributed by atoms with E-state index in [0.717, 1.165) is 0 Å². The maximum absolute atomic E-state index is 12.5. The summed E-state index contributed by atoms with van der Waals surface area (Å²) >= 11 is 11.7. The van der Waals surface area contributed by atoms with Gasteiger partial charge < -0.3 is 9.84 Å². The van der Waals surface area contributed by atoms with Crippen molar-refractivity contribution in [3.05, 3.63) is 87.9 Å². The van der Waals surface area contributed by atoms with E-state index in [1.807, 2.05) is 0 Å². The minimum atomic E-state index is -0.187. The molecule has 0 radical (unpaired) electrons. The fourth-order valence-electron chi connectivity index (χ4n) is 2.13. The first-order valence-electron chi connectivity index (χ1n) is 7.09. The Morgan fingerprint density at radius 2 is 1.33 bits per heavy atom. The van der Waals surface area contributed by atoms with E-state index in [1.165, 1.54) is 12.1 Å². The van der Waals surface area contributed by atoms with Gasteiger partial charge >= 0.3 is 0 Å². The van der Waals surface area contributed by atoms with Crippen molar-refractivity contribution in [2.24, 2.45) is 0 Å². The van der Waals surface area contributed by atoms with Crippen LogP contribution in [0.5, 0.6) is 17.2 Å². The Labute approximate surface area is 149 Å². The van der Waals surface area contributed by atoms with Crippen molar-refractivity contribution < 1.29 is 14.6 Å². The molecule has 0 aliphatic heterocycles. The van der Waals surface area contributed by atoms with Crippen LogP contribution in [-0.2, 0) is 0 Å². The molecule has 1 N–H and O–H groups in total. The molecule has 24 heavy (non-hydrogen) atoms. The van der Waals surface area contributed by atoms with Crippen molar-refractivity contribution in [1.82, 2.24) is 0 Å². The summed E-state index contributed by atoms with van der Waals surface area (Å²) in [6.07, 6.45) is 0. The highest BCUT2D eigenvalue weighted by Crippen LogP contribution is 2.32. The first kappa shape index (κ1) is 16.4. The second kappa shape index (κ2) is 6.95. The summed E-state index contributed by atoms with van der Waals surface area (Å²) in [4.78, 5) is 12.5. The van der Waals surface area contributed by atoms with Crippen LogP contribution in [0.2, 0.25) is 10.0 Å². The molecule has 0 aliphatic carbocycles. The molecule has 0 fully saturated rings. The van der Waals surface area contributed by atoms with E-state index >= 15 is 0 Å². The molecule has 3 aromatic carbocycles. The molecule has 120 valence electrons. The first-order chi connectivity index (χ1) is 11.5. The van der Waals surface area contributed by atoms with Crippen molar-refractivity contribution in [2.45, 2.75) is 0 Å². The van der Waals surface area contributed by atoms with Gasteiger partial charge in [0.05, 0.1) is 0 Å². The van der Waals surface area contributed by atoms with Gasteiger partial charge in [-0.3, -0.25) is 4.79 Å². The number of carbonyl (C=O) groups excluding carboxylic acids is 1. The number of phenolic OH excluding ortho intramolecular Hbond substituents is 1. The molecule has 0 spiro atoms. The zero-order valence-electron chi connectivity index (χ0n) is 12.4. The van der Waals surface area contributed by atoms with Gasteiger partial charge in [0.25, 0.3) is 0 Å². The predicted molar refractivity (Wildman–Crippen MR) is 94.5 cm³/mol. The maximum Gasteiger partial charge on any atom is 0.193 e. The van der Waals surface area contributed by atoms with Crippen molar-refractivity contribution in [3.63, 3.8) is 0 Å². The van der Waals surface area contributed by atoms with Crippen LogP contribution in [0, 0.1) is 0 Å². The third-order valence-corrected chi connectivity index (χ3v) is 3.87. The van der Waals surface area contributed by atoms with E-state index in [-0.39, 0.29) is 17.3 Å². The number of carbonyl (C=O) groups is 1. The van der Waals surface area contributed by atoms with Gasteiger partial charge in [-0.15, -0.1) is 0 Å². The van der Waals surface area contributed by atoms with Crippen LogP contribution in [0.3, 0.4) is 0 Å². The van der Waals surface area contributed by atoms with E-state index < -0.39 is 0 Å². The highest BCUT2D eigenvalue weighted by Gasteiger charge is 2.13. The molecular formula is C19H12Cl2O3. The largest absolute Gasteiger partial charge is 0.504 e. The third kappa shape index (κ3) is 3.70. The minimum Gasteiger partial charge on any atom is -0.504 e. The van der Waals surface area contributed by atoms with Crippen molar-refractivity contribution in [1.29, 1.82) is 0 Å². The van der Waals surface area contributed by atoms with Gasteiger partial charge in [0.1, 0.15) is 5.75 Å². The van der Waals surface area contributed by atoms with Gasteiger partial charge in [0, 0.05) is 21.2 Å². The average molecular weight is 359 g/mol. The quantitative estimate of drug-likeness (QED) is 0.606. The van der Waals surface area contributed by atoms with Crippen LogP contribution in [0.1, 0.15) is 15.9 Å². The Morgan fingerprint density at radius 3 is 1.96 bits per heavy atom. The van der Waals surface area contributed by atoms with Crippen molar-refractivity contribution in [2.75, 3.05) is 0 Å². The lowest BCUT2D eigenvalue weighted by Gasteiger charge is -2.09. The number of hydrogen-bond donors (Lipinski definition) is 1. The molecule has 0 saturated heterocycles. The van der Waals surface area contributed by atoms with Gasteiger partial charge in [0.2, 0.25) is 0 Å². The zero-order valence-corrected chi connectivity index (χ0v) is 13.9. The molecule has 3 aromatic rings. The summed E-state index contributed by atoms with van der Waals surface area (Å²) in [5.74, 6) is 0.452. The third-order valence-electron chi connectivity index (χ3n) is 3.37. The van der Waals surface area contributed by atoms with Crippen LogP contribution >= 0.6 is 23.2 Å². The fraction of sp³-hybridized carbons (Fsp3) is 0. The first-order valence-corrected chi connectivity index (χ1v) is 7.85. The van der Waals surface area contributed by atoms with Crippen LogP contribution in [-0.4, -0.2) is 10.9 Å². The molecule has 0 atom stereocenters. The molecule has 0 saturated carbocycles. The summed E-state index contributed by atoms with van der Waals surface area (Å²) in [5, 5.41) is 11.1. The molecule has 0 heterocycles. The standard InChI is InChI=1S/C19H12Cl2O3/c20-14-4-1-12(2-5-14)19(23)13-3-10-17(22)18(11-13)24-16-8-6-15(21)7-9-16/h1-11,22H. The molecule has 5 heteroatoms. The number of aromatic hydroxyl groups is 1. The highest BCUT2D eigenvalue weighted by atomic mass is 35.5. The lowest BCUT2D eigenvalue weighted by molar-refractivity contribution is 0.103. The van der Waals surface area contributed by atoms with Crippen LogP contribution in [0.15, 0.2) is 66.7 Å². The Hall–Kier alpha value is -2.49. The smallest absolute Gasteiger partial charge is 0.193 e. The van der Waals surface area contributed by atoms with Gasteiger partial charge in [-0.05, 0) is 66.7 Å². The summed E-state index contributed by atoms with van der Waals surface area (Å²) in [6.45, 7) is 0. The lowest BCUT2D eigenvalue weighted by Crippen LogP contribution is -2.01. The molecule has 0 aliphatic rings. The molecule has 3 rings (SSSR count). The maximum atomic E-state index is 12.5. The van der Waals surface area contributed by atoms with Gasteiger partial charge in [-0.25, -0.2) is 0 Å². The second-order valence-electron chi connectivity index (χ2n) is 5.07. The predicted octanol–water partition coefficient (Wildman–Crippen LogP) is 5.72. The topological polar surface area (TPSA) is 46.5 Å². The fourth-order valence-corrected chi connectivity index (χ4v) is 2.39. The number of rotatable bonds is 4. The molecule has 0 bridgehead atoms. The van der Waals surface area contributed by atoms with Gasteiger partial charge in [-0.1, -0.05) is 23.2 Å². The lowest BCUT2D eigenvalue weighted by atomic mass is 10.0. The normalized spacial score (nSPS) is 10.4. The molecule has 0 amide bonds. The minimum absolute atomic E-state index is 0.0578. The molecular weight excluding hydrogens is 347 g/mol. The Balaban J connectivity index is 1.89. The van der Waals surface area contributed by atoms with E-state index in [2.05, 4.69) is 0 Å².